The van der Waals surface area contributed by atoms with Crippen LogP contribution in [-0.2, 0) is 0 Å². The van der Waals surface area contributed by atoms with Crippen molar-refractivity contribution in [3.05, 3.63) is 65.7 Å². The molecular formula is C17H19NO3S. The number of amides is 1. The molecule has 0 saturated carbocycles. The number of hydrogen-bond donors (Lipinski definition) is 3. The Hall–Kier alpha value is -1.82. The van der Waals surface area contributed by atoms with Gasteiger partial charge >= 0.3 is 0 Å². The molecule has 4 nitrogen and oxygen atoms in total. The smallest absolute Gasteiger partial charge is 0.251 e. The summed E-state index contributed by atoms with van der Waals surface area (Å²) in [5, 5.41) is 22.5. The minimum atomic E-state index is -0.964. The zero-order chi connectivity index (χ0) is 15.9. The first-order valence-corrected chi connectivity index (χ1v) is 8.17. The summed E-state index contributed by atoms with van der Waals surface area (Å²) in [6.45, 7) is -0.343. The van der Waals surface area contributed by atoms with Gasteiger partial charge < -0.3 is 15.5 Å². The fourth-order valence-electron chi connectivity index (χ4n) is 2.10. The molecule has 116 valence electrons. The molecule has 0 bridgehead atoms. The summed E-state index contributed by atoms with van der Waals surface area (Å²) < 4.78 is 0. The highest BCUT2D eigenvalue weighted by molar-refractivity contribution is 7.98. The lowest BCUT2D eigenvalue weighted by Gasteiger charge is -2.22. The van der Waals surface area contributed by atoms with Crippen molar-refractivity contribution in [2.24, 2.45) is 0 Å². The molecule has 0 heterocycles. The lowest BCUT2D eigenvalue weighted by atomic mass is 10.0. The van der Waals surface area contributed by atoms with E-state index in [1.165, 1.54) is 0 Å². The van der Waals surface area contributed by atoms with Crippen molar-refractivity contribution in [3.63, 3.8) is 0 Å². The molecule has 0 unspecified atom stereocenters. The number of hydrogen-bond acceptors (Lipinski definition) is 4. The maximum absolute atomic E-state index is 12.1. The molecular weight excluding hydrogens is 298 g/mol. The number of carbonyl (C=O) groups excluding carboxylic acids is 1. The van der Waals surface area contributed by atoms with Gasteiger partial charge in [-0.25, -0.2) is 0 Å². The third-order valence-corrected chi connectivity index (χ3v) is 4.13. The summed E-state index contributed by atoms with van der Waals surface area (Å²) in [5.74, 6) is -0.320. The van der Waals surface area contributed by atoms with Crippen molar-refractivity contribution in [1.29, 1.82) is 0 Å². The van der Waals surface area contributed by atoms with Crippen molar-refractivity contribution in [2.45, 2.75) is 17.0 Å². The molecule has 22 heavy (non-hydrogen) atoms. The minimum Gasteiger partial charge on any atom is -0.394 e. The Morgan fingerprint density at radius 1 is 1.14 bits per heavy atom. The van der Waals surface area contributed by atoms with Crippen LogP contribution in [0.3, 0.4) is 0 Å². The largest absolute Gasteiger partial charge is 0.394 e. The maximum atomic E-state index is 12.1. The van der Waals surface area contributed by atoms with Gasteiger partial charge in [0.1, 0.15) is 6.10 Å². The summed E-state index contributed by atoms with van der Waals surface area (Å²) >= 11 is 1.61. The zero-order valence-electron chi connectivity index (χ0n) is 12.3. The van der Waals surface area contributed by atoms with E-state index in [4.69, 9.17) is 0 Å². The van der Waals surface area contributed by atoms with E-state index < -0.39 is 12.1 Å². The molecule has 0 aliphatic carbocycles. The van der Waals surface area contributed by atoms with Crippen LogP contribution in [0.5, 0.6) is 0 Å². The van der Waals surface area contributed by atoms with Gasteiger partial charge in [-0.15, -0.1) is 11.8 Å². The molecule has 0 saturated heterocycles. The molecule has 0 aliphatic heterocycles. The SMILES string of the molecule is CSc1ccc([C@H](O)[C@@H](CO)NC(=O)c2ccccc2)cc1. The van der Waals surface area contributed by atoms with Gasteiger partial charge in [0.2, 0.25) is 0 Å². The molecule has 2 rings (SSSR count). The van der Waals surface area contributed by atoms with Crippen molar-refractivity contribution in [1.82, 2.24) is 5.32 Å². The van der Waals surface area contributed by atoms with Crippen LogP contribution in [0.2, 0.25) is 0 Å². The molecule has 2 atom stereocenters. The fourth-order valence-corrected chi connectivity index (χ4v) is 2.51. The summed E-state index contributed by atoms with van der Waals surface area (Å²) in [6, 6.07) is 15.4. The van der Waals surface area contributed by atoms with Gasteiger partial charge in [-0.1, -0.05) is 30.3 Å². The molecule has 2 aromatic rings. The normalized spacial score (nSPS) is 13.4. The van der Waals surface area contributed by atoms with Crippen LogP contribution in [0.15, 0.2) is 59.5 Å². The lowest BCUT2D eigenvalue weighted by Crippen LogP contribution is -2.41. The summed E-state index contributed by atoms with van der Waals surface area (Å²) in [6.07, 6.45) is 1.01. The number of carbonyl (C=O) groups is 1. The van der Waals surface area contributed by atoms with Crippen LogP contribution >= 0.6 is 11.8 Å². The van der Waals surface area contributed by atoms with Gasteiger partial charge in [0, 0.05) is 10.5 Å². The highest BCUT2D eigenvalue weighted by atomic mass is 32.2. The predicted molar refractivity (Wildman–Crippen MR) is 88.0 cm³/mol. The van der Waals surface area contributed by atoms with Gasteiger partial charge in [0.15, 0.2) is 0 Å². The van der Waals surface area contributed by atoms with Crippen LogP contribution in [0, 0.1) is 0 Å². The number of aliphatic hydroxyl groups excluding tert-OH is 2. The Labute approximate surface area is 134 Å². The minimum absolute atomic E-state index is 0.320. The van der Waals surface area contributed by atoms with E-state index in [-0.39, 0.29) is 12.5 Å². The van der Waals surface area contributed by atoms with E-state index in [9.17, 15) is 15.0 Å². The Bertz CT molecular complexity index is 601. The molecule has 1 amide bonds. The van der Waals surface area contributed by atoms with Crippen molar-refractivity contribution in [3.8, 4) is 0 Å². The molecule has 5 heteroatoms. The van der Waals surface area contributed by atoms with Gasteiger partial charge in [0.05, 0.1) is 12.6 Å². The molecule has 3 N–H and O–H groups in total. The average molecular weight is 317 g/mol. The van der Waals surface area contributed by atoms with Gasteiger partial charge in [0.25, 0.3) is 5.91 Å². The summed E-state index contributed by atoms with van der Waals surface area (Å²) in [5.41, 5.74) is 1.15. The highest BCUT2D eigenvalue weighted by Crippen LogP contribution is 2.21. The second-order valence-electron chi connectivity index (χ2n) is 4.85. The maximum Gasteiger partial charge on any atom is 0.251 e. The van der Waals surface area contributed by atoms with Crippen molar-refractivity contribution < 1.29 is 15.0 Å². The molecule has 0 spiro atoms. The third kappa shape index (κ3) is 4.10. The average Bonchev–Trinajstić information content (AvgIpc) is 2.59. The Morgan fingerprint density at radius 3 is 2.32 bits per heavy atom. The van der Waals surface area contributed by atoms with E-state index in [0.717, 1.165) is 4.90 Å². The van der Waals surface area contributed by atoms with Crippen LogP contribution < -0.4 is 5.32 Å². The summed E-state index contributed by atoms with van der Waals surface area (Å²) in [7, 11) is 0. The first kappa shape index (κ1) is 16.5. The quantitative estimate of drug-likeness (QED) is 0.715. The number of nitrogens with one attached hydrogen (secondary N) is 1. The molecule has 2 aromatic carbocycles. The standard InChI is InChI=1S/C17H19NO3S/c1-22-14-9-7-12(8-10-14)16(20)15(11-19)18-17(21)13-5-3-2-4-6-13/h2-10,15-16,19-20H,11H2,1H3,(H,18,21)/t15-,16+/m1/s1. The predicted octanol–water partition coefficient (Wildman–Crippen LogP) is 2.23. The van der Waals surface area contributed by atoms with Crippen LogP contribution in [-0.4, -0.2) is 35.0 Å². The first-order chi connectivity index (χ1) is 10.7. The van der Waals surface area contributed by atoms with Crippen LogP contribution in [0.1, 0.15) is 22.0 Å². The van der Waals surface area contributed by atoms with Crippen LogP contribution in [0.4, 0.5) is 0 Å². The van der Waals surface area contributed by atoms with Gasteiger partial charge in [-0.05, 0) is 36.1 Å². The number of thioether (sulfide) groups is 1. The van der Waals surface area contributed by atoms with Gasteiger partial charge in [-0.2, -0.15) is 0 Å². The Balaban J connectivity index is 2.08. The topological polar surface area (TPSA) is 69.6 Å². The highest BCUT2D eigenvalue weighted by Gasteiger charge is 2.22. The number of aliphatic hydroxyl groups is 2. The molecule has 0 aromatic heterocycles. The van der Waals surface area contributed by atoms with E-state index in [1.54, 1.807) is 48.2 Å². The van der Waals surface area contributed by atoms with Crippen molar-refractivity contribution >= 4 is 17.7 Å². The Kier molecular flexibility index (Phi) is 6.00. The molecule has 0 radical (unpaired) electrons. The fraction of sp³-hybridized carbons (Fsp3) is 0.235. The van der Waals surface area contributed by atoms with Crippen molar-refractivity contribution in [2.75, 3.05) is 12.9 Å². The zero-order valence-corrected chi connectivity index (χ0v) is 13.1. The second-order valence-corrected chi connectivity index (χ2v) is 5.73. The van der Waals surface area contributed by atoms with Crippen LogP contribution in [0.25, 0.3) is 0 Å². The Morgan fingerprint density at radius 2 is 1.77 bits per heavy atom. The van der Waals surface area contributed by atoms with E-state index in [0.29, 0.717) is 11.1 Å². The number of rotatable bonds is 6. The van der Waals surface area contributed by atoms with E-state index in [2.05, 4.69) is 5.32 Å². The van der Waals surface area contributed by atoms with E-state index >= 15 is 0 Å². The lowest BCUT2D eigenvalue weighted by molar-refractivity contribution is 0.0703. The first-order valence-electron chi connectivity index (χ1n) is 6.94. The number of benzene rings is 2. The second kappa shape index (κ2) is 7.98. The molecule has 0 fully saturated rings. The third-order valence-electron chi connectivity index (χ3n) is 3.39. The molecule has 0 aliphatic rings. The van der Waals surface area contributed by atoms with E-state index in [1.807, 2.05) is 24.5 Å². The monoisotopic (exact) mass is 317 g/mol. The van der Waals surface area contributed by atoms with Gasteiger partial charge in [-0.3, -0.25) is 4.79 Å². The summed E-state index contributed by atoms with van der Waals surface area (Å²) in [4.78, 5) is 13.2.